The number of aromatic nitrogens is 4. The van der Waals surface area contributed by atoms with Crippen molar-refractivity contribution in [1.29, 1.82) is 0 Å². The first kappa shape index (κ1) is 115. The Kier molecular flexibility index (Phi) is 48.9. The first-order valence-corrected chi connectivity index (χ1v) is 47.0. The molecule has 1 aliphatic heterocycles. The average molecular weight is 1970 g/mol. The van der Waals surface area contributed by atoms with E-state index in [2.05, 4.69) is 234 Å². The maximum atomic E-state index is 10.7. The van der Waals surface area contributed by atoms with Gasteiger partial charge in [-0.15, -0.1) is 0 Å². The van der Waals surface area contributed by atoms with Crippen LogP contribution in [0, 0.1) is 0 Å². The fraction of sp³-hybridized carbons (Fsp3) is 0.500. The molecule has 0 atom stereocenters. The lowest BCUT2D eigenvalue weighted by Gasteiger charge is -2.19. The summed E-state index contributed by atoms with van der Waals surface area (Å²) in [6.45, 7) is 34.7. The molecule has 4 aromatic carbocycles. The van der Waals surface area contributed by atoms with Crippen LogP contribution in [0.4, 0.5) is 52.7 Å². The van der Waals surface area contributed by atoms with E-state index >= 15 is 0 Å². The van der Waals surface area contributed by atoms with E-state index in [9.17, 15) is 52.7 Å². The number of hydrogen-bond acceptors (Lipinski definition) is 24. The van der Waals surface area contributed by atoms with Gasteiger partial charge in [-0.2, -0.15) is 61.8 Å². The van der Waals surface area contributed by atoms with Crippen molar-refractivity contribution in [3.63, 3.8) is 0 Å². The smallest absolute Gasteiger partial charge is 0.485 e. The van der Waals surface area contributed by atoms with Crippen LogP contribution < -0.4 is 37.2 Å². The molecule has 1 aliphatic rings. The van der Waals surface area contributed by atoms with Gasteiger partial charge in [0.15, 0.2) is 126 Å². The Balaban J connectivity index is 0.000000414. The molecule has 132 heavy (non-hydrogen) atoms. The van der Waals surface area contributed by atoms with Crippen molar-refractivity contribution in [2.45, 2.75) is 180 Å². The molecule has 4 aromatic heterocycles. The molecule has 44 heteroatoms. The molecule has 9 rings (SSSR count). The van der Waals surface area contributed by atoms with Crippen LogP contribution in [0.3, 0.4) is 0 Å². The third-order valence-electron chi connectivity index (χ3n) is 18.0. The summed E-state index contributed by atoms with van der Waals surface area (Å²) in [6, 6.07) is 43.6. The van der Waals surface area contributed by atoms with E-state index < -0.39 is 62.5 Å². The van der Waals surface area contributed by atoms with E-state index in [0.29, 0.717) is 155 Å². The number of pyridine rings is 4. The first-order chi connectivity index (χ1) is 61.7. The normalized spacial score (nSPS) is 14.0. The molecule has 0 spiro atoms. The number of nitrogens with zero attached hydrogens (tertiary/aromatic N) is 4. The third kappa shape index (κ3) is 44.5. The Morgan fingerprint density at radius 1 is 0.295 bits per heavy atom. The van der Waals surface area contributed by atoms with E-state index in [1.165, 1.54) is 44.5 Å². The number of aryl methyl sites for hydroxylation is 2. The summed E-state index contributed by atoms with van der Waals surface area (Å²) in [5.41, 5.74) is -7.88. The summed E-state index contributed by atoms with van der Waals surface area (Å²) < 4.78 is 316. The Labute approximate surface area is 762 Å². The molecule has 0 saturated carbocycles. The van der Waals surface area contributed by atoms with Crippen molar-refractivity contribution in [2.75, 3.05) is 106 Å². The van der Waals surface area contributed by atoms with Gasteiger partial charge in [0.2, 0.25) is 13.1 Å². The third-order valence-corrected chi connectivity index (χ3v) is 20.3. The molecule has 0 unspecified atom stereocenters. The van der Waals surface area contributed by atoms with Crippen LogP contribution in [-0.2, 0) is 142 Å². The quantitative estimate of drug-likeness (QED) is 0.0169. The van der Waals surface area contributed by atoms with Gasteiger partial charge in [-0.3, -0.25) is 0 Å². The predicted octanol–water partition coefficient (Wildman–Crippen LogP) is 14.5. The Morgan fingerprint density at radius 3 is 0.652 bits per heavy atom. The molecule has 0 amide bonds. The topological polar surface area (TPSA) is 355 Å². The van der Waals surface area contributed by atoms with E-state index in [1.54, 1.807) is 0 Å². The molecule has 0 aliphatic carbocycles. The minimum absolute atomic E-state index is 0.181. The standard InChI is InChI=1S/C44H50N4.C40H64O12.4CHF3O3S/c1-43(2,3)41-11-7-35(8-12-41)33-47-27-19-39(20-28-47)37-15-23-45(24-16-37)31-32-46-25-17-38(18-26-46)40-21-29-48(30-22-40)34-36-9-13-42(14-10-36)44(4,5)6;1-5-9-45-29-33-25-37-38(26-34(33)30-46-10-6-2)50-22-18-42-15-16-44-20-24-52-40-28-36(32-48-12-8-4)35(31-47-11-7-3)27-39(40)51-23-19-43-14-13-41-17-21-49-37;4*2-1(3,4)8(5,6)7/h7-30H,31-34H2,1-6H3;25-28H,5-24,29-32H2,1-4H3;4*(H,5,6,7)/q+4;;;;;/p-4. The predicted molar refractivity (Wildman–Crippen MR) is 454 cm³/mol. The summed E-state index contributed by atoms with van der Waals surface area (Å²) >= 11 is 0. The molecule has 8 aromatic rings. The zero-order chi connectivity index (χ0) is 98.6. The minimum Gasteiger partial charge on any atom is -0.741 e. The van der Waals surface area contributed by atoms with Gasteiger partial charge in [-0.25, -0.2) is 42.8 Å². The molecule has 28 nitrogen and oxygen atoms in total. The van der Waals surface area contributed by atoms with Gasteiger partial charge < -0.3 is 75.1 Å². The van der Waals surface area contributed by atoms with Gasteiger partial charge in [0, 0.05) is 86.1 Å². The summed E-state index contributed by atoms with van der Waals surface area (Å²) in [7, 11) is -24.4. The number of rotatable bonds is 25. The summed E-state index contributed by atoms with van der Waals surface area (Å²) in [6.07, 6.45) is 21.2. The molecule has 0 N–H and O–H groups in total. The first-order valence-electron chi connectivity index (χ1n) is 41.4. The Hall–Kier alpha value is -8.84. The summed E-state index contributed by atoms with van der Waals surface area (Å²) in [5, 5.41) is 0. The highest BCUT2D eigenvalue weighted by atomic mass is 32.2. The second kappa shape index (κ2) is 55.9. The lowest BCUT2D eigenvalue weighted by atomic mass is 9.87. The lowest BCUT2D eigenvalue weighted by molar-refractivity contribution is -0.778. The van der Waals surface area contributed by atoms with Gasteiger partial charge in [0.25, 0.3) is 0 Å². The van der Waals surface area contributed by atoms with Gasteiger partial charge in [0.1, 0.15) is 26.4 Å². The zero-order valence-electron chi connectivity index (χ0n) is 74.7. The minimum atomic E-state index is -6.09. The number of alkyl halides is 12. The second-order valence-corrected chi connectivity index (χ2v) is 36.3. The monoisotopic (exact) mass is 1970 g/mol. The number of ether oxygens (including phenoxy) is 12. The lowest BCUT2D eigenvalue weighted by Crippen LogP contribution is -2.43. The van der Waals surface area contributed by atoms with Crippen LogP contribution in [0.5, 0.6) is 23.0 Å². The van der Waals surface area contributed by atoms with Crippen LogP contribution in [0.15, 0.2) is 171 Å². The Bertz CT molecular complexity index is 4660. The van der Waals surface area contributed by atoms with Crippen LogP contribution in [0.1, 0.15) is 139 Å². The van der Waals surface area contributed by atoms with Gasteiger partial charge in [0.05, 0.1) is 79.3 Å². The molecule has 0 fully saturated rings. The van der Waals surface area contributed by atoms with Crippen molar-refractivity contribution < 1.29 is 180 Å². The highest BCUT2D eigenvalue weighted by Gasteiger charge is 2.39. The van der Waals surface area contributed by atoms with Crippen molar-refractivity contribution >= 4 is 40.5 Å². The van der Waals surface area contributed by atoms with E-state index in [1.807, 2.05) is 24.3 Å². The largest absolute Gasteiger partial charge is 0.741 e. The van der Waals surface area contributed by atoms with Crippen molar-refractivity contribution in [2.24, 2.45) is 0 Å². The van der Waals surface area contributed by atoms with E-state index in [-0.39, 0.29) is 10.8 Å². The SMILES string of the molecule is CC(C)(C)c1ccc(C[n+]2ccc(-c3cc[n+](CC[n+]4ccc(-c5cc[n+](Cc6ccc(C(C)(C)C)cc6)cc5)cc4)cc3)cc2)cc1.CCCOCc1cc2c(cc1COCCC)OCCOCCOCCOc1cc(COCCC)c(COCCC)cc1OCCOCCOCCO2.O=S(=O)([O-])C(F)(F)F.O=S(=O)([O-])C(F)(F)F.O=S(=O)([O-])C(F)(F)F.O=S(=O)([O-])C(F)(F)F. The van der Waals surface area contributed by atoms with E-state index in [4.69, 9.17) is 109 Å². The highest BCUT2D eigenvalue weighted by molar-refractivity contribution is 7.87. The average Bonchev–Trinajstić information content (AvgIpc) is 0.831. The van der Waals surface area contributed by atoms with Crippen LogP contribution in [-0.4, -0.2) is 180 Å². The molecule has 5 heterocycles. The van der Waals surface area contributed by atoms with Crippen LogP contribution >= 0.6 is 0 Å². The fourth-order valence-corrected chi connectivity index (χ4v) is 11.0. The van der Waals surface area contributed by atoms with Crippen molar-refractivity contribution in [3.05, 3.63) is 215 Å². The fourth-order valence-electron chi connectivity index (χ4n) is 11.0. The van der Waals surface area contributed by atoms with Crippen molar-refractivity contribution in [3.8, 4) is 45.3 Å². The zero-order valence-corrected chi connectivity index (χ0v) is 78.0. The summed E-state index contributed by atoms with van der Waals surface area (Å²) in [4.78, 5) is 0. The molecular formula is C88H114F12N4O24S4. The number of hydrogen-bond donors (Lipinski definition) is 0. The molecule has 0 radical (unpaired) electrons. The molecule has 0 saturated heterocycles. The van der Waals surface area contributed by atoms with Crippen LogP contribution in [0.2, 0.25) is 0 Å². The van der Waals surface area contributed by atoms with E-state index in [0.717, 1.165) is 74.1 Å². The van der Waals surface area contributed by atoms with Gasteiger partial charge in [-0.1, -0.05) is 118 Å². The maximum Gasteiger partial charge on any atom is 0.485 e. The van der Waals surface area contributed by atoms with Crippen LogP contribution in [0.25, 0.3) is 22.3 Å². The van der Waals surface area contributed by atoms with Crippen molar-refractivity contribution in [1.82, 2.24) is 0 Å². The second-order valence-electron chi connectivity index (χ2n) is 30.8. The van der Waals surface area contributed by atoms with Gasteiger partial charge >= 0.3 is 22.0 Å². The Morgan fingerprint density at radius 2 is 0.477 bits per heavy atom. The number of benzene rings is 4. The maximum absolute atomic E-state index is 10.7. The summed E-state index contributed by atoms with van der Waals surface area (Å²) in [5.74, 6) is 2.52. The number of fused-ring (bicyclic) bond motifs is 2. The highest BCUT2D eigenvalue weighted by Crippen LogP contribution is 2.35. The molecular weight excluding hydrogens is 1850 g/mol. The molecule has 0 bridgehead atoms. The number of halogens is 12. The van der Waals surface area contributed by atoms with Gasteiger partial charge in [-0.05, 0) is 116 Å². The molecule has 738 valence electrons.